The number of hydrogen-bond donors (Lipinski definition) is 2. The summed E-state index contributed by atoms with van der Waals surface area (Å²) in [5.74, 6) is 0.132. The molecule has 1 atom stereocenters. The van der Waals surface area contributed by atoms with E-state index < -0.39 is 10.0 Å². The van der Waals surface area contributed by atoms with Crippen molar-refractivity contribution in [2.24, 2.45) is 0 Å². The molecule has 1 aromatic heterocycles. The van der Waals surface area contributed by atoms with Gasteiger partial charge in [0.05, 0.1) is 23.7 Å². The zero-order chi connectivity index (χ0) is 21.0. The Kier molecular flexibility index (Phi) is 6.42. The zero-order valence-corrected chi connectivity index (χ0v) is 17.5. The average molecular weight is 433 g/mol. The lowest BCUT2D eigenvalue weighted by Gasteiger charge is -2.16. The smallest absolute Gasteiger partial charge is 0.252 e. The molecule has 1 heterocycles. The molecule has 0 fully saturated rings. The van der Waals surface area contributed by atoms with Crippen LogP contribution in [-0.2, 0) is 16.6 Å². The van der Waals surface area contributed by atoms with Gasteiger partial charge in [-0.05, 0) is 61.4 Å². The minimum Gasteiger partial charge on any atom is -0.468 e. The van der Waals surface area contributed by atoms with E-state index in [0.29, 0.717) is 21.9 Å². The van der Waals surface area contributed by atoms with Crippen LogP contribution in [-0.4, -0.2) is 14.3 Å². The molecular weight excluding hydrogens is 412 g/mol. The van der Waals surface area contributed by atoms with Crippen LogP contribution in [0.5, 0.6) is 0 Å². The van der Waals surface area contributed by atoms with Crippen LogP contribution in [0, 0.1) is 6.92 Å². The Bertz CT molecular complexity index is 1110. The molecule has 1 amide bonds. The van der Waals surface area contributed by atoms with Crippen molar-refractivity contribution in [2.75, 3.05) is 0 Å². The van der Waals surface area contributed by atoms with Crippen LogP contribution in [0.4, 0.5) is 0 Å². The third kappa shape index (κ3) is 5.26. The fraction of sp³-hybridized carbons (Fsp3) is 0.190. The lowest BCUT2D eigenvalue weighted by molar-refractivity contribution is 0.0939. The van der Waals surface area contributed by atoms with Gasteiger partial charge in [0.25, 0.3) is 5.91 Å². The van der Waals surface area contributed by atoms with E-state index in [4.69, 9.17) is 16.0 Å². The SMILES string of the molecule is Cc1ccc(S(=O)(=O)NCc2ccco2)cc1C(=O)NC(C)c1cccc(Cl)c1. The van der Waals surface area contributed by atoms with Gasteiger partial charge in [0.2, 0.25) is 10.0 Å². The molecule has 2 aromatic carbocycles. The van der Waals surface area contributed by atoms with Gasteiger partial charge < -0.3 is 9.73 Å². The van der Waals surface area contributed by atoms with Crippen LogP contribution in [0.1, 0.15) is 40.2 Å². The van der Waals surface area contributed by atoms with Crippen LogP contribution in [0.15, 0.2) is 70.2 Å². The predicted octanol–water partition coefficient (Wildman–Crippen LogP) is 4.21. The average Bonchev–Trinajstić information content (AvgIpc) is 3.20. The van der Waals surface area contributed by atoms with Crippen molar-refractivity contribution in [1.29, 1.82) is 0 Å². The highest BCUT2D eigenvalue weighted by molar-refractivity contribution is 7.89. The number of sulfonamides is 1. The molecular formula is C21H21ClN2O4S. The van der Waals surface area contributed by atoms with Gasteiger partial charge in [-0.3, -0.25) is 4.79 Å². The van der Waals surface area contributed by atoms with Gasteiger partial charge in [0.1, 0.15) is 5.76 Å². The van der Waals surface area contributed by atoms with Crippen molar-refractivity contribution in [1.82, 2.24) is 10.0 Å². The van der Waals surface area contributed by atoms with Crippen LogP contribution in [0.2, 0.25) is 5.02 Å². The number of hydrogen-bond acceptors (Lipinski definition) is 4. The number of benzene rings is 2. The van der Waals surface area contributed by atoms with Crippen LogP contribution in [0.25, 0.3) is 0 Å². The molecule has 0 saturated carbocycles. The van der Waals surface area contributed by atoms with Gasteiger partial charge in [-0.15, -0.1) is 0 Å². The van der Waals surface area contributed by atoms with Crippen molar-refractivity contribution >= 4 is 27.5 Å². The molecule has 1 unspecified atom stereocenters. The van der Waals surface area contributed by atoms with Gasteiger partial charge in [0, 0.05) is 10.6 Å². The predicted molar refractivity (Wildman–Crippen MR) is 111 cm³/mol. The molecule has 0 aliphatic heterocycles. The second-order valence-corrected chi connectivity index (χ2v) is 8.83. The van der Waals surface area contributed by atoms with Crippen LogP contribution in [0.3, 0.4) is 0 Å². The summed E-state index contributed by atoms with van der Waals surface area (Å²) in [6.07, 6.45) is 1.47. The molecule has 0 saturated heterocycles. The molecule has 0 aliphatic carbocycles. The van der Waals surface area contributed by atoms with Gasteiger partial charge in [-0.1, -0.05) is 29.8 Å². The van der Waals surface area contributed by atoms with Gasteiger partial charge >= 0.3 is 0 Å². The first kappa shape index (κ1) is 21.1. The first-order valence-electron chi connectivity index (χ1n) is 8.95. The molecule has 152 valence electrons. The van der Waals surface area contributed by atoms with E-state index in [-0.39, 0.29) is 23.4 Å². The van der Waals surface area contributed by atoms with Crippen molar-refractivity contribution in [3.05, 3.63) is 88.3 Å². The summed E-state index contributed by atoms with van der Waals surface area (Å²) in [5, 5.41) is 3.46. The normalized spacial score (nSPS) is 12.5. The summed E-state index contributed by atoms with van der Waals surface area (Å²) in [6, 6.07) is 14.7. The Hall–Kier alpha value is -2.61. The second-order valence-electron chi connectivity index (χ2n) is 6.63. The Morgan fingerprint density at radius 2 is 1.93 bits per heavy atom. The summed E-state index contributed by atoms with van der Waals surface area (Å²) in [4.78, 5) is 12.8. The van der Waals surface area contributed by atoms with Gasteiger partial charge in [0.15, 0.2) is 0 Å². The first-order chi connectivity index (χ1) is 13.8. The van der Waals surface area contributed by atoms with Crippen molar-refractivity contribution in [2.45, 2.75) is 31.3 Å². The maximum Gasteiger partial charge on any atom is 0.252 e. The molecule has 3 aromatic rings. The summed E-state index contributed by atoms with van der Waals surface area (Å²) < 4.78 is 32.8. The third-order valence-electron chi connectivity index (χ3n) is 4.48. The minimum atomic E-state index is -3.80. The lowest BCUT2D eigenvalue weighted by atomic mass is 10.1. The number of aryl methyl sites for hydroxylation is 1. The molecule has 29 heavy (non-hydrogen) atoms. The Labute approximate surface area is 174 Å². The molecule has 0 bridgehead atoms. The summed E-state index contributed by atoms with van der Waals surface area (Å²) in [7, 11) is -3.80. The number of halogens is 1. The monoisotopic (exact) mass is 432 g/mol. The van der Waals surface area contributed by atoms with E-state index in [1.807, 2.05) is 19.1 Å². The van der Waals surface area contributed by atoms with E-state index in [0.717, 1.165) is 5.56 Å². The largest absolute Gasteiger partial charge is 0.468 e. The van der Waals surface area contributed by atoms with E-state index in [9.17, 15) is 13.2 Å². The van der Waals surface area contributed by atoms with Gasteiger partial charge in [-0.2, -0.15) is 0 Å². The number of carbonyl (C=O) groups excluding carboxylic acids is 1. The Morgan fingerprint density at radius 3 is 2.62 bits per heavy atom. The molecule has 2 N–H and O–H groups in total. The van der Waals surface area contributed by atoms with Crippen molar-refractivity contribution in [3.8, 4) is 0 Å². The van der Waals surface area contributed by atoms with E-state index in [1.165, 1.54) is 18.4 Å². The highest BCUT2D eigenvalue weighted by Gasteiger charge is 2.19. The summed E-state index contributed by atoms with van der Waals surface area (Å²) in [5.41, 5.74) is 1.82. The minimum absolute atomic E-state index is 0.00946. The molecule has 0 aliphatic rings. The van der Waals surface area contributed by atoms with E-state index >= 15 is 0 Å². The highest BCUT2D eigenvalue weighted by Crippen LogP contribution is 2.20. The lowest BCUT2D eigenvalue weighted by Crippen LogP contribution is -2.28. The summed E-state index contributed by atoms with van der Waals surface area (Å²) >= 11 is 6.01. The number of rotatable bonds is 7. The fourth-order valence-electron chi connectivity index (χ4n) is 2.81. The third-order valence-corrected chi connectivity index (χ3v) is 6.11. The Morgan fingerprint density at radius 1 is 1.14 bits per heavy atom. The maximum atomic E-state index is 12.8. The zero-order valence-electron chi connectivity index (χ0n) is 16.0. The van der Waals surface area contributed by atoms with E-state index in [1.54, 1.807) is 37.3 Å². The number of amides is 1. The van der Waals surface area contributed by atoms with E-state index in [2.05, 4.69) is 10.0 Å². The molecule has 8 heteroatoms. The molecule has 0 radical (unpaired) electrons. The standard InChI is InChI=1S/C21H21ClN2O4S/c1-14-8-9-19(29(26,27)23-13-18-7-4-10-28-18)12-20(14)21(25)24-15(2)16-5-3-6-17(22)11-16/h3-12,15,23H,13H2,1-2H3,(H,24,25). The molecule has 0 spiro atoms. The van der Waals surface area contributed by atoms with Crippen molar-refractivity contribution in [3.63, 3.8) is 0 Å². The number of carbonyl (C=O) groups is 1. The van der Waals surface area contributed by atoms with Crippen LogP contribution >= 0.6 is 11.6 Å². The highest BCUT2D eigenvalue weighted by atomic mass is 35.5. The first-order valence-corrected chi connectivity index (χ1v) is 10.8. The molecule has 6 nitrogen and oxygen atoms in total. The fourth-order valence-corrected chi connectivity index (χ4v) is 4.03. The summed E-state index contributed by atoms with van der Waals surface area (Å²) in [6.45, 7) is 3.62. The second kappa shape index (κ2) is 8.82. The topological polar surface area (TPSA) is 88.4 Å². The van der Waals surface area contributed by atoms with Crippen molar-refractivity contribution < 1.29 is 17.6 Å². The van der Waals surface area contributed by atoms with Gasteiger partial charge in [-0.25, -0.2) is 13.1 Å². The Balaban J connectivity index is 1.78. The number of nitrogens with one attached hydrogen (secondary N) is 2. The maximum absolute atomic E-state index is 12.8. The van der Waals surface area contributed by atoms with Crippen LogP contribution < -0.4 is 10.0 Å². The quantitative estimate of drug-likeness (QED) is 0.585. The molecule has 3 rings (SSSR count). The number of furan rings is 1.